The summed E-state index contributed by atoms with van der Waals surface area (Å²) in [4.78, 5) is 3.17. The van der Waals surface area contributed by atoms with E-state index in [0.717, 1.165) is 35.3 Å². The number of fused-ring (bicyclic) bond motifs is 1. The third-order valence-corrected chi connectivity index (χ3v) is 3.85. The molecule has 0 aliphatic rings. The van der Waals surface area contributed by atoms with Crippen molar-refractivity contribution in [3.05, 3.63) is 40.0 Å². The molecule has 0 unspecified atom stereocenters. The Hall–Kier alpha value is -1.95. The highest BCUT2D eigenvalue weighted by atomic mass is 32.1. The lowest BCUT2D eigenvalue weighted by Crippen LogP contribution is -2.03. The minimum Gasteiger partial charge on any atom is -0.327 e. The van der Waals surface area contributed by atoms with Crippen molar-refractivity contribution in [1.29, 1.82) is 0 Å². The first-order chi connectivity index (χ1) is 10.0. The fourth-order valence-electron chi connectivity index (χ4n) is 2.64. The molecule has 110 valence electrons. The van der Waals surface area contributed by atoms with Gasteiger partial charge in [-0.25, -0.2) is 9.07 Å². The quantitative estimate of drug-likeness (QED) is 0.747. The van der Waals surface area contributed by atoms with Crippen LogP contribution in [0.1, 0.15) is 24.6 Å². The third-order valence-electron chi connectivity index (χ3n) is 3.57. The Morgan fingerprint density at radius 2 is 2.14 bits per heavy atom. The van der Waals surface area contributed by atoms with E-state index in [1.165, 1.54) is 6.07 Å². The molecule has 2 heterocycles. The van der Waals surface area contributed by atoms with Gasteiger partial charge in [0.25, 0.3) is 0 Å². The van der Waals surface area contributed by atoms with Gasteiger partial charge in [-0.05, 0) is 43.3 Å². The van der Waals surface area contributed by atoms with Crippen LogP contribution in [0.5, 0.6) is 0 Å². The summed E-state index contributed by atoms with van der Waals surface area (Å²) in [5, 5.41) is 4.51. The van der Waals surface area contributed by atoms with Crippen molar-refractivity contribution in [2.24, 2.45) is 7.05 Å². The minimum absolute atomic E-state index is 0.296. The van der Waals surface area contributed by atoms with E-state index in [-0.39, 0.29) is 5.82 Å². The van der Waals surface area contributed by atoms with Gasteiger partial charge in [0.05, 0.1) is 11.4 Å². The zero-order valence-electron chi connectivity index (χ0n) is 12.3. The Morgan fingerprint density at radius 1 is 1.38 bits per heavy atom. The van der Waals surface area contributed by atoms with Crippen LogP contribution >= 0.6 is 12.2 Å². The smallest absolute Gasteiger partial charge is 0.184 e. The maximum atomic E-state index is 14.2. The summed E-state index contributed by atoms with van der Waals surface area (Å²) in [5.41, 5.74) is 4.10. The molecule has 6 heteroatoms. The predicted molar refractivity (Wildman–Crippen MR) is 83.9 cm³/mol. The van der Waals surface area contributed by atoms with E-state index in [1.807, 2.05) is 14.0 Å². The van der Waals surface area contributed by atoms with Gasteiger partial charge in [-0.2, -0.15) is 5.10 Å². The first-order valence-corrected chi connectivity index (χ1v) is 7.37. The van der Waals surface area contributed by atoms with Crippen molar-refractivity contribution >= 4 is 23.4 Å². The van der Waals surface area contributed by atoms with E-state index in [9.17, 15) is 4.39 Å². The summed E-state index contributed by atoms with van der Waals surface area (Å²) >= 11 is 5.39. The van der Waals surface area contributed by atoms with Crippen LogP contribution in [0.4, 0.5) is 4.39 Å². The lowest BCUT2D eigenvalue weighted by Gasteiger charge is -2.07. The molecule has 1 N–H and O–H groups in total. The van der Waals surface area contributed by atoms with E-state index >= 15 is 0 Å². The number of hydrogen-bond acceptors (Lipinski definition) is 2. The zero-order valence-corrected chi connectivity index (χ0v) is 13.1. The van der Waals surface area contributed by atoms with Crippen molar-refractivity contribution in [3.63, 3.8) is 0 Å². The molecule has 1 aromatic carbocycles. The van der Waals surface area contributed by atoms with Gasteiger partial charge in [0.2, 0.25) is 0 Å². The molecule has 0 saturated carbocycles. The molecule has 0 spiro atoms. The Bertz CT molecular complexity index is 872. The van der Waals surface area contributed by atoms with Crippen molar-refractivity contribution in [2.45, 2.75) is 26.7 Å². The van der Waals surface area contributed by atoms with Gasteiger partial charge in [0.1, 0.15) is 11.3 Å². The second-order valence-corrected chi connectivity index (χ2v) is 5.63. The lowest BCUT2D eigenvalue weighted by atomic mass is 10.2. The van der Waals surface area contributed by atoms with Crippen molar-refractivity contribution < 1.29 is 4.39 Å². The number of benzene rings is 1. The van der Waals surface area contributed by atoms with E-state index in [2.05, 4.69) is 17.0 Å². The Morgan fingerprint density at radius 3 is 2.86 bits per heavy atom. The Kier molecular flexibility index (Phi) is 3.41. The number of nitrogens with one attached hydrogen (secondary N) is 1. The minimum atomic E-state index is -0.296. The first-order valence-electron chi connectivity index (χ1n) is 6.96. The number of imidazole rings is 1. The van der Waals surface area contributed by atoms with Crippen molar-refractivity contribution in [1.82, 2.24) is 19.3 Å². The van der Waals surface area contributed by atoms with Crippen LogP contribution in [0.25, 0.3) is 16.9 Å². The van der Waals surface area contributed by atoms with Crippen LogP contribution < -0.4 is 0 Å². The Balaban J connectivity index is 2.35. The average Bonchev–Trinajstić information content (AvgIpc) is 2.91. The maximum Gasteiger partial charge on any atom is 0.184 e. The molecule has 0 amide bonds. The molecule has 0 aliphatic carbocycles. The fourth-order valence-corrected chi connectivity index (χ4v) is 2.93. The molecular formula is C15H17FN4S. The summed E-state index contributed by atoms with van der Waals surface area (Å²) in [6.07, 6.45) is 1.86. The van der Waals surface area contributed by atoms with Crippen LogP contribution in [-0.2, 0) is 13.5 Å². The SMILES string of the molecule is CCCc1nn(C)c2c1[nH]c(=S)n2-c1cc(C)ccc1F. The molecule has 0 saturated heterocycles. The summed E-state index contributed by atoms with van der Waals surface area (Å²) in [6.45, 7) is 4.04. The van der Waals surface area contributed by atoms with Gasteiger partial charge in [-0.3, -0.25) is 4.57 Å². The van der Waals surface area contributed by atoms with Crippen LogP contribution in [0.15, 0.2) is 18.2 Å². The molecule has 0 radical (unpaired) electrons. The van der Waals surface area contributed by atoms with Gasteiger partial charge in [0, 0.05) is 7.05 Å². The van der Waals surface area contributed by atoms with Crippen LogP contribution in [0, 0.1) is 17.5 Å². The van der Waals surface area contributed by atoms with Crippen molar-refractivity contribution in [3.8, 4) is 5.69 Å². The first kappa shape index (κ1) is 14.0. The van der Waals surface area contributed by atoms with E-state index < -0.39 is 0 Å². The maximum absolute atomic E-state index is 14.2. The largest absolute Gasteiger partial charge is 0.327 e. The molecule has 0 bridgehead atoms. The van der Waals surface area contributed by atoms with Gasteiger partial charge in [-0.1, -0.05) is 19.4 Å². The van der Waals surface area contributed by atoms with Crippen LogP contribution in [0.3, 0.4) is 0 Å². The molecule has 4 nitrogen and oxygen atoms in total. The van der Waals surface area contributed by atoms with E-state index in [1.54, 1.807) is 21.4 Å². The monoisotopic (exact) mass is 304 g/mol. The average molecular weight is 304 g/mol. The van der Waals surface area contributed by atoms with E-state index in [0.29, 0.717) is 10.5 Å². The lowest BCUT2D eigenvalue weighted by molar-refractivity contribution is 0.616. The second-order valence-electron chi connectivity index (χ2n) is 5.24. The van der Waals surface area contributed by atoms with E-state index in [4.69, 9.17) is 12.2 Å². The number of hydrogen-bond donors (Lipinski definition) is 1. The van der Waals surface area contributed by atoms with Gasteiger partial charge in [0.15, 0.2) is 10.4 Å². The summed E-state index contributed by atoms with van der Waals surface area (Å²) < 4.78 is 18.2. The summed E-state index contributed by atoms with van der Waals surface area (Å²) in [7, 11) is 1.86. The number of H-pyrrole nitrogens is 1. The number of halogens is 1. The number of rotatable bonds is 3. The molecule has 0 aliphatic heterocycles. The highest BCUT2D eigenvalue weighted by Gasteiger charge is 2.17. The molecular weight excluding hydrogens is 287 g/mol. The molecule has 2 aromatic heterocycles. The zero-order chi connectivity index (χ0) is 15.1. The van der Waals surface area contributed by atoms with Crippen LogP contribution in [0.2, 0.25) is 0 Å². The van der Waals surface area contributed by atoms with Gasteiger partial charge >= 0.3 is 0 Å². The summed E-state index contributed by atoms with van der Waals surface area (Å²) in [6, 6.07) is 5.01. The second kappa shape index (κ2) is 5.11. The highest BCUT2D eigenvalue weighted by Crippen LogP contribution is 2.24. The molecule has 21 heavy (non-hydrogen) atoms. The molecule has 0 fully saturated rings. The summed E-state index contributed by atoms with van der Waals surface area (Å²) in [5.74, 6) is -0.296. The molecule has 0 atom stereocenters. The van der Waals surface area contributed by atoms with Gasteiger partial charge in [-0.15, -0.1) is 0 Å². The third kappa shape index (κ3) is 2.19. The standard InChI is InChI=1S/C15H17FN4S/c1-4-5-11-13-14(19(3)18-11)20(15(21)17-13)12-8-9(2)6-7-10(12)16/h6-8H,4-5H2,1-3H3,(H,17,21). The fraction of sp³-hybridized carbons (Fsp3) is 0.333. The highest BCUT2D eigenvalue weighted by molar-refractivity contribution is 7.71. The number of aromatic nitrogens is 4. The normalized spacial score (nSPS) is 11.4. The molecule has 3 aromatic rings. The number of aromatic amines is 1. The van der Waals surface area contributed by atoms with Gasteiger partial charge < -0.3 is 4.98 Å². The predicted octanol–water partition coefficient (Wildman–Crippen LogP) is 3.82. The number of nitrogens with zero attached hydrogens (tertiary/aromatic N) is 3. The Labute approximate surface area is 127 Å². The topological polar surface area (TPSA) is 38.5 Å². The van der Waals surface area contributed by atoms with Crippen LogP contribution in [-0.4, -0.2) is 19.3 Å². The molecule has 3 rings (SSSR count). The van der Waals surface area contributed by atoms with Crippen molar-refractivity contribution in [2.75, 3.05) is 0 Å². The number of aryl methyl sites for hydroxylation is 3.